The van der Waals surface area contributed by atoms with Gasteiger partial charge < -0.3 is 14.7 Å². The summed E-state index contributed by atoms with van der Waals surface area (Å²) in [4.78, 5) is 26.2. The lowest BCUT2D eigenvalue weighted by Crippen LogP contribution is -2.42. The van der Waals surface area contributed by atoms with E-state index in [0.29, 0.717) is 33.9 Å². The van der Waals surface area contributed by atoms with Crippen LogP contribution in [0.3, 0.4) is 0 Å². The van der Waals surface area contributed by atoms with E-state index in [1.54, 1.807) is 47.4 Å². The number of nitrogens with zero attached hydrogens (tertiary/aromatic N) is 2. The number of benzene rings is 2. The number of carbonyl (C=O) groups excluding carboxylic acids is 1. The number of fused-ring (bicyclic) bond motifs is 1. The fraction of sp³-hybridized carbons (Fsp3) is 0.318. The highest BCUT2D eigenvalue weighted by Crippen LogP contribution is 2.41. The molecule has 1 amide bonds. The van der Waals surface area contributed by atoms with E-state index in [2.05, 4.69) is 6.07 Å². The van der Waals surface area contributed by atoms with Crippen molar-refractivity contribution in [3.05, 3.63) is 64.2 Å². The summed E-state index contributed by atoms with van der Waals surface area (Å²) in [7, 11) is 0. The van der Waals surface area contributed by atoms with Crippen molar-refractivity contribution < 1.29 is 19.4 Å². The van der Waals surface area contributed by atoms with Gasteiger partial charge in [-0.1, -0.05) is 43.6 Å². The van der Waals surface area contributed by atoms with Gasteiger partial charge in [0.25, 0.3) is 5.91 Å². The first-order valence-electron chi connectivity index (χ1n) is 9.29. The molecule has 6 nitrogen and oxygen atoms in total. The third-order valence-corrected chi connectivity index (χ3v) is 5.01. The van der Waals surface area contributed by atoms with Crippen LogP contribution < -0.4 is 4.90 Å². The minimum Gasteiger partial charge on any atom is -0.481 e. The highest BCUT2D eigenvalue weighted by molar-refractivity contribution is 6.31. The van der Waals surface area contributed by atoms with Crippen LogP contribution in [0, 0.1) is 17.2 Å². The predicted octanol–water partition coefficient (Wildman–Crippen LogP) is 4.16. The maximum atomic E-state index is 13.2. The minimum atomic E-state index is -1.18. The Bertz CT molecular complexity index is 983. The van der Waals surface area contributed by atoms with Crippen LogP contribution in [0.5, 0.6) is 0 Å². The van der Waals surface area contributed by atoms with Crippen molar-refractivity contribution in [1.29, 1.82) is 5.26 Å². The average Bonchev–Trinajstić information content (AvgIpc) is 2.78. The van der Waals surface area contributed by atoms with Gasteiger partial charge in [-0.3, -0.25) is 9.59 Å². The van der Waals surface area contributed by atoms with Crippen LogP contribution in [0.2, 0.25) is 5.02 Å². The van der Waals surface area contributed by atoms with Gasteiger partial charge in [0.15, 0.2) is 0 Å². The van der Waals surface area contributed by atoms with Gasteiger partial charge in [0, 0.05) is 28.4 Å². The molecule has 1 aliphatic rings. The maximum Gasteiger partial charge on any atom is 0.306 e. The Morgan fingerprint density at radius 2 is 2.00 bits per heavy atom. The van der Waals surface area contributed by atoms with E-state index in [0.717, 1.165) is 0 Å². The third kappa shape index (κ3) is 4.42. The molecule has 2 aromatic rings. The van der Waals surface area contributed by atoms with Crippen LogP contribution in [0.25, 0.3) is 0 Å². The molecule has 0 saturated carbocycles. The summed E-state index contributed by atoms with van der Waals surface area (Å²) in [6, 6.07) is 14.2. The maximum absolute atomic E-state index is 13.2. The lowest BCUT2D eigenvalue weighted by Gasteiger charge is -2.26. The third-order valence-electron chi connectivity index (χ3n) is 4.67. The van der Waals surface area contributed by atoms with Crippen LogP contribution in [-0.4, -0.2) is 29.6 Å². The van der Waals surface area contributed by atoms with Gasteiger partial charge in [0.2, 0.25) is 0 Å². The second kappa shape index (κ2) is 8.64. The average molecular weight is 413 g/mol. The van der Waals surface area contributed by atoms with E-state index >= 15 is 0 Å². The molecule has 2 aromatic carbocycles. The van der Waals surface area contributed by atoms with Crippen molar-refractivity contribution in [2.45, 2.75) is 32.5 Å². The fourth-order valence-electron chi connectivity index (χ4n) is 3.44. The molecule has 0 radical (unpaired) electrons. The molecule has 1 aliphatic heterocycles. The second-order valence-corrected chi connectivity index (χ2v) is 7.76. The summed E-state index contributed by atoms with van der Waals surface area (Å²) in [5, 5.41) is 19.1. The molecule has 29 heavy (non-hydrogen) atoms. The molecule has 7 heteroatoms. The Morgan fingerprint density at radius 3 is 2.62 bits per heavy atom. The molecule has 3 rings (SSSR count). The Kier molecular flexibility index (Phi) is 6.21. The highest BCUT2D eigenvalue weighted by Gasteiger charge is 2.38. The van der Waals surface area contributed by atoms with Gasteiger partial charge in [-0.15, -0.1) is 0 Å². The van der Waals surface area contributed by atoms with Crippen LogP contribution in [-0.2, 0) is 14.3 Å². The van der Waals surface area contributed by atoms with Gasteiger partial charge in [-0.2, -0.15) is 5.26 Å². The Hall–Kier alpha value is -2.88. The normalized spacial score (nSPS) is 18.9. The van der Waals surface area contributed by atoms with E-state index in [1.807, 2.05) is 13.8 Å². The number of hydrogen-bond acceptors (Lipinski definition) is 4. The monoisotopic (exact) mass is 412 g/mol. The molecule has 150 valence electrons. The zero-order chi connectivity index (χ0) is 21.1. The number of amides is 1. The van der Waals surface area contributed by atoms with E-state index in [-0.39, 0.29) is 5.92 Å². The van der Waals surface area contributed by atoms with E-state index < -0.39 is 30.5 Å². The zero-order valence-electron chi connectivity index (χ0n) is 16.1. The Labute approximate surface area is 174 Å². The lowest BCUT2D eigenvalue weighted by atomic mass is 9.97. The first-order valence-corrected chi connectivity index (χ1v) is 9.66. The number of halogens is 1. The first-order chi connectivity index (χ1) is 13.8. The lowest BCUT2D eigenvalue weighted by molar-refractivity contribution is -0.146. The van der Waals surface area contributed by atoms with Crippen molar-refractivity contribution in [3.8, 4) is 6.07 Å². The van der Waals surface area contributed by atoms with Crippen molar-refractivity contribution >= 4 is 29.2 Å². The molecular formula is C22H21ClN2O4. The molecule has 0 bridgehead atoms. The number of ether oxygens (including phenoxy) is 1. The highest BCUT2D eigenvalue weighted by atomic mass is 35.5. The number of carboxylic acid groups (broad SMARTS) is 1. The van der Waals surface area contributed by atoms with Gasteiger partial charge in [0.1, 0.15) is 12.2 Å². The van der Waals surface area contributed by atoms with Crippen molar-refractivity contribution in [2.75, 3.05) is 11.4 Å². The number of carbonyl (C=O) groups is 2. The molecule has 1 N–H and O–H groups in total. The molecule has 0 aromatic heterocycles. The van der Waals surface area contributed by atoms with Gasteiger partial charge in [-0.05, 0) is 30.2 Å². The summed E-state index contributed by atoms with van der Waals surface area (Å²) >= 11 is 6.40. The molecule has 2 atom stereocenters. The van der Waals surface area contributed by atoms with E-state index in [4.69, 9.17) is 16.3 Å². The zero-order valence-corrected chi connectivity index (χ0v) is 16.9. The largest absolute Gasteiger partial charge is 0.481 e. The number of anilines is 1. The van der Waals surface area contributed by atoms with Crippen LogP contribution in [0.4, 0.5) is 5.69 Å². The summed E-state index contributed by atoms with van der Waals surface area (Å²) in [5.74, 6) is -1.40. The number of carboxylic acids is 1. The van der Waals surface area contributed by atoms with E-state index in [1.165, 1.54) is 0 Å². The molecule has 1 heterocycles. The molecule has 0 spiro atoms. The number of rotatable bonds is 5. The molecule has 2 unspecified atom stereocenters. The topological polar surface area (TPSA) is 90.6 Å². The summed E-state index contributed by atoms with van der Waals surface area (Å²) < 4.78 is 6.07. The molecule has 0 fully saturated rings. The predicted molar refractivity (Wildman–Crippen MR) is 109 cm³/mol. The first kappa shape index (κ1) is 20.8. The number of nitriles is 1. The van der Waals surface area contributed by atoms with Crippen LogP contribution in [0.1, 0.15) is 43.1 Å². The van der Waals surface area contributed by atoms with Crippen LogP contribution >= 0.6 is 11.6 Å². The van der Waals surface area contributed by atoms with E-state index in [9.17, 15) is 20.0 Å². The van der Waals surface area contributed by atoms with Crippen molar-refractivity contribution in [3.63, 3.8) is 0 Å². The minimum absolute atomic E-state index is 0.143. The summed E-state index contributed by atoms with van der Waals surface area (Å²) in [6.07, 6.45) is -2.42. The van der Waals surface area contributed by atoms with Gasteiger partial charge in [-0.25, -0.2) is 0 Å². The summed E-state index contributed by atoms with van der Waals surface area (Å²) in [5.41, 5.74) is 2.23. The quantitative estimate of drug-likeness (QED) is 0.796. The number of aliphatic carboxylic acids is 1. The summed E-state index contributed by atoms with van der Waals surface area (Å²) in [6.45, 7) is 4.34. The van der Waals surface area contributed by atoms with Gasteiger partial charge in [0.05, 0.1) is 18.1 Å². The molecular weight excluding hydrogens is 392 g/mol. The van der Waals surface area contributed by atoms with Gasteiger partial charge >= 0.3 is 5.97 Å². The fourth-order valence-corrected chi connectivity index (χ4v) is 3.68. The van der Waals surface area contributed by atoms with Crippen molar-refractivity contribution in [2.24, 2.45) is 5.92 Å². The van der Waals surface area contributed by atoms with Crippen molar-refractivity contribution in [1.82, 2.24) is 0 Å². The molecule has 0 aliphatic carbocycles. The second-order valence-electron chi connectivity index (χ2n) is 7.35. The molecule has 0 saturated heterocycles. The number of hydrogen-bond donors (Lipinski definition) is 1. The van der Waals surface area contributed by atoms with Crippen LogP contribution in [0.15, 0.2) is 42.5 Å². The standard InChI is InChI=1S/C22H21ClN2O4/c1-13(2)12-25-18-8-7-14(11-24)9-16(18)21(15-5-3-4-6-17(15)23)29-19(22(25)28)10-20(26)27/h3-9,13,19,21H,10,12H2,1-2H3,(H,26,27). The Balaban J connectivity index is 2.24. The SMILES string of the molecule is CC(C)CN1C(=O)C(CC(=O)O)OC(c2ccccc2Cl)c2cc(C#N)ccc21. The Morgan fingerprint density at radius 1 is 1.28 bits per heavy atom. The smallest absolute Gasteiger partial charge is 0.306 e.